The number of aromatic nitrogens is 4. The summed E-state index contributed by atoms with van der Waals surface area (Å²) in [7, 11) is 0. The smallest absolute Gasteiger partial charge is 0.333 e. The summed E-state index contributed by atoms with van der Waals surface area (Å²) < 4.78 is 1.36. The van der Waals surface area contributed by atoms with Crippen LogP contribution in [-0.2, 0) is 0 Å². The van der Waals surface area contributed by atoms with E-state index >= 15 is 0 Å². The molecule has 10 heteroatoms. The number of halogens is 2. The third-order valence-electron chi connectivity index (χ3n) is 3.67. The van der Waals surface area contributed by atoms with Crippen LogP contribution >= 0.6 is 34.5 Å². The molecule has 0 aliphatic rings. The van der Waals surface area contributed by atoms with E-state index in [-0.39, 0.29) is 22.7 Å². The molecule has 0 fully saturated rings. The minimum atomic E-state index is -0.789. The van der Waals surface area contributed by atoms with E-state index in [1.165, 1.54) is 15.9 Å². The number of carbonyl (C=O) groups excluding carboxylic acids is 1. The van der Waals surface area contributed by atoms with Gasteiger partial charge in [0.25, 0.3) is 5.91 Å². The molecule has 3 heterocycles. The molecule has 0 saturated carbocycles. The van der Waals surface area contributed by atoms with Crippen molar-refractivity contribution in [2.24, 2.45) is 5.73 Å². The lowest BCUT2D eigenvalue weighted by Crippen LogP contribution is -2.15. The maximum Gasteiger partial charge on any atom is 0.333 e. The second kappa shape index (κ2) is 6.24. The maximum atomic E-state index is 12.4. The van der Waals surface area contributed by atoms with Gasteiger partial charge >= 0.3 is 5.69 Å². The number of nitrogens with one attached hydrogen (secondary N) is 1. The molecular formula is C16H9Cl2N5O2S. The van der Waals surface area contributed by atoms with E-state index in [0.29, 0.717) is 20.6 Å². The fraction of sp³-hybridized carbons (Fsp3) is 0. The number of primary amides is 1. The van der Waals surface area contributed by atoms with Crippen LogP contribution in [0.15, 0.2) is 40.5 Å². The average molecular weight is 406 g/mol. The highest BCUT2D eigenvalue weighted by Gasteiger charge is 2.21. The molecule has 0 radical (unpaired) electrons. The molecule has 4 aromatic rings. The molecule has 1 amide bonds. The largest absolute Gasteiger partial charge is 0.364 e. The number of carbonyl (C=O) groups is 1. The van der Waals surface area contributed by atoms with Crippen molar-refractivity contribution in [3.8, 4) is 16.4 Å². The van der Waals surface area contributed by atoms with Gasteiger partial charge in [0, 0.05) is 10.6 Å². The summed E-state index contributed by atoms with van der Waals surface area (Å²) in [6.45, 7) is 0. The average Bonchev–Trinajstić information content (AvgIpc) is 3.20. The molecule has 0 aliphatic carbocycles. The maximum absolute atomic E-state index is 12.4. The number of aromatic amines is 1. The molecule has 130 valence electrons. The lowest BCUT2D eigenvalue weighted by Gasteiger charge is -2.07. The number of imidazole rings is 1. The van der Waals surface area contributed by atoms with Gasteiger partial charge in [-0.15, -0.1) is 11.3 Å². The number of nitrogens with zero attached hydrogens (tertiary/aromatic N) is 3. The quantitative estimate of drug-likeness (QED) is 0.545. The van der Waals surface area contributed by atoms with Crippen molar-refractivity contribution >= 4 is 51.6 Å². The Labute approximate surface area is 160 Å². The summed E-state index contributed by atoms with van der Waals surface area (Å²) in [6, 6.07) is 8.37. The lowest BCUT2D eigenvalue weighted by molar-refractivity contribution is 0.0997. The third-order valence-corrected chi connectivity index (χ3v) is 5.07. The molecule has 3 aromatic heterocycles. The van der Waals surface area contributed by atoms with Crippen LogP contribution in [0.4, 0.5) is 0 Å². The fourth-order valence-electron chi connectivity index (χ4n) is 2.56. The van der Waals surface area contributed by atoms with E-state index in [9.17, 15) is 9.59 Å². The van der Waals surface area contributed by atoms with Crippen LogP contribution in [0.1, 0.15) is 10.5 Å². The molecule has 1 aromatic carbocycles. The molecule has 26 heavy (non-hydrogen) atoms. The predicted molar refractivity (Wildman–Crippen MR) is 101 cm³/mol. The Hall–Kier alpha value is -2.68. The van der Waals surface area contributed by atoms with E-state index in [0.717, 1.165) is 0 Å². The SMILES string of the molecule is NC(=O)c1nc(-c2ccc(Cl)cc2Cl)nc2c1[nH]c(=O)n2-c1cccs1. The van der Waals surface area contributed by atoms with Crippen LogP contribution < -0.4 is 11.4 Å². The van der Waals surface area contributed by atoms with Crippen LogP contribution in [0.2, 0.25) is 10.0 Å². The van der Waals surface area contributed by atoms with E-state index < -0.39 is 11.6 Å². The molecular weight excluding hydrogens is 397 g/mol. The van der Waals surface area contributed by atoms with Crippen molar-refractivity contribution in [3.63, 3.8) is 0 Å². The van der Waals surface area contributed by atoms with Gasteiger partial charge in [-0.05, 0) is 35.7 Å². The second-order valence-electron chi connectivity index (χ2n) is 5.30. The standard InChI is InChI=1S/C16H9Cl2N5O2S/c17-7-3-4-8(9(18)6-7)14-20-11(13(19)24)12-15(22-14)23(16(25)21-12)10-2-1-5-26-10/h1-6H,(H2,19,24)(H,21,25). The zero-order valence-electron chi connectivity index (χ0n) is 12.9. The minimum Gasteiger partial charge on any atom is -0.364 e. The molecule has 0 saturated heterocycles. The summed E-state index contributed by atoms with van der Waals surface area (Å²) in [5.74, 6) is -0.624. The normalized spacial score (nSPS) is 11.2. The Kier molecular flexibility index (Phi) is 4.03. The lowest BCUT2D eigenvalue weighted by atomic mass is 10.2. The first-order valence-electron chi connectivity index (χ1n) is 7.27. The number of benzene rings is 1. The van der Waals surface area contributed by atoms with Gasteiger partial charge in [0.15, 0.2) is 17.2 Å². The Morgan fingerprint density at radius 3 is 2.69 bits per heavy atom. The van der Waals surface area contributed by atoms with Crippen molar-refractivity contribution in [2.45, 2.75) is 0 Å². The number of thiophene rings is 1. The van der Waals surface area contributed by atoms with E-state index in [1.807, 2.05) is 5.38 Å². The predicted octanol–water partition coefficient (Wildman–Crippen LogP) is 3.24. The van der Waals surface area contributed by atoms with E-state index in [1.54, 1.807) is 30.3 Å². The second-order valence-corrected chi connectivity index (χ2v) is 7.07. The minimum absolute atomic E-state index is 0.0941. The number of H-pyrrole nitrogens is 1. The molecule has 4 rings (SSSR count). The molecule has 0 spiro atoms. The zero-order chi connectivity index (χ0) is 18.4. The number of fused-ring (bicyclic) bond motifs is 1. The molecule has 0 unspecified atom stereocenters. The Bertz CT molecular complexity index is 1210. The number of nitrogens with two attached hydrogens (primary N) is 1. The van der Waals surface area contributed by atoms with Crippen LogP contribution in [0.25, 0.3) is 27.6 Å². The highest BCUT2D eigenvalue weighted by molar-refractivity contribution is 7.12. The van der Waals surface area contributed by atoms with Gasteiger partial charge in [0.2, 0.25) is 0 Å². The van der Waals surface area contributed by atoms with Gasteiger partial charge in [0.1, 0.15) is 10.5 Å². The highest BCUT2D eigenvalue weighted by Crippen LogP contribution is 2.30. The number of amides is 1. The summed E-state index contributed by atoms with van der Waals surface area (Å²) >= 11 is 13.5. The summed E-state index contributed by atoms with van der Waals surface area (Å²) in [5, 5.41) is 3.23. The van der Waals surface area contributed by atoms with Crippen molar-refractivity contribution in [3.05, 3.63) is 61.9 Å². The Morgan fingerprint density at radius 1 is 1.23 bits per heavy atom. The van der Waals surface area contributed by atoms with Gasteiger partial charge in [-0.25, -0.2) is 19.3 Å². The molecule has 0 bridgehead atoms. The number of hydrogen-bond acceptors (Lipinski definition) is 5. The Morgan fingerprint density at radius 2 is 2.04 bits per heavy atom. The first-order valence-corrected chi connectivity index (χ1v) is 8.91. The fourth-order valence-corrected chi connectivity index (χ4v) is 3.78. The van der Waals surface area contributed by atoms with Crippen molar-refractivity contribution < 1.29 is 4.79 Å². The van der Waals surface area contributed by atoms with Gasteiger partial charge in [-0.2, -0.15) is 0 Å². The summed E-state index contributed by atoms with van der Waals surface area (Å²) in [4.78, 5) is 35.6. The van der Waals surface area contributed by atoms with Gasteiger partial charge in [0.05, 0.1) is 5.02 Å². The van der Waals surface area contributed by atoms with Crippen LogP contribution in [0.3, 0.4) is 0 Å². The molecule has 7 nitrogen and oxygen atoms in total. The third kappa shape index (κ3) is 2.68. The monoisotopic (exact) mass is 405 g/mol. The van der Waals surface area contributed by atoms with Gasteiger partial charge in [-0.3, -0.25) is 4.79 Å². The molecule has 3 N–H and O–H groups in total. The summed E-state index contributed by atoms with van der Waals surface area (Å²) in [5.41, 5.74) is 5.79. The van der Waals surface area contributed by atoms with E-state index in [4.69, 9.17) is 28.9 Å². The highest BCUT2D eigenvalue weighted by atomic mass is 35.5. The first kappa shape index (κ1) is 16.8. The van der Waals surface area contributed by atoms with Crippen LogP contribution in [-0.4, -0.2) is 25.4 Å². The molecule has 0 aliphatic heterocycles. The number of hydrogen-bond donors (Lipinski definition) is 2. The van der Waals surface area contributed by atoms with E-state index in [2.05, 4.69) is 15.0 Å². The van der Waals surface area contributed by atoms with Crippen molar-refractivity contribution in [1.82, 2.24) is 19.5 Å². The van der Waals surface area contributed by atoms with Crippen molar-refractivity contribution in [2.75, 3.05) is 0 Å². The molecule has 0 atom stereocenters. The van der Waals surface area contributed by atoms with Gasteiger partial charge in [-0.1, -0.05) is 23.2 Å². The summed E-state index contributed by atoms with van der Waals surface area (Å²) in [6.07, 6.45) is 0. The number of rotatable bonds is 3. The first-order chi connectivity index (χ1) is 12.5. The Balaban J connectivity index is 2.09. The van der Waals surface area contributed by atoms with Crippen LogP contribution in [0, 0.1) is 0 Å². The van der Waals surface area contributed by atoms with Gasteiger partial charge < -0.3 is 10.7 Å². The zero-order valence-corrected chi connectivity index (χ0v) is 15.2. The topological polar surface area (TPSA) is 107 Å². The van der Waals surface area contributed by atoms with Crippen LogP contribution in [0.5, 0.6) is 0 Å². The van der Waals surface area contributed by atoms with Crippen molar-refractivity contribution in [1.29, 1.82) is 0 Å².